The first-order chi connectivity index (χ1) is 8.08. The van der Waals surface area contributed by atoms with E-state index in [1.807, 2.05) is 0 Å². The highest BCUT2D eigenvalue weighted by Gasteiger charge is 2.16. The molecule has 91 valence electrons. The Morgan fingerprint density at radius 1 is 1.41 bits per heavy atom. The first kappa shape index (κ1) is 14.0. The predicted molar refractivity (Wildman–Crippen MR) is 63.9 cm³/mol. The van der Waals surface area contributed by atoms with Crippen molar-refractivity contribution in [3.63, 3.8) is 0 Å². The van der Waals surface area contributed by atoms with Crippen LogP contribution in [-0.4, -0.2) is 29.5 Å². The number of nitrogens with zero attached hydrogens (tertiary/aromatic N) is 1. The summed E-state index contributed by atoms with van der Waals surface area (Å²) in [4.78, 5) is 21.0. The molecule has 1 amide bonds. The number of amides is 1. The molecule has 1 aromatic rings. The van der Waals surface area contributed by atoms with E-state index in [0.717, 1.165) is 0 Å². The lowest BCUT2D eigenvalue weighted by Crippen LogP contribution is -2.27. The van der Waals surface area contributed by atoms with Gasteiger partial charge in [0.2, 0.25) is 12.7 Å². The molecule has 0 aliphatic carbocycles. The van der Waals surface area contributed by atoms with Crippen LogP contribution in [0.15, 0.2) is 18.2 Å². The standard InChI is InChI=1S/C11H10Cl2NO3/c12-10-2-1-3-11(13)9(10)4-8(6-15)5-14(17)7-16/h1-3,7-8,17H,4-5H2. The minimum absolute atomic E-state index is 0.144. The molecule has 0 heterocycles. The van der Waals surface area contributed by atoms with Crippen LogP contribution in [0.1, 0.15) is 5.56 Å². The topological polar surface area (TPSA) is 57.6 Å². The fourth-order valence-corrected chi connectivity index (χ4v) is 1.94. The summed E-state index contributed by atoms with van der Waals surface area (Å²) in [7, 11) is 0. The van der Waals surface area contributed by atoms with Crippen molar-refractivity contribution in [3.8, 4) is 0 Å². The Kier molecular flexibility index (Phi) is 5.41. The molecule has 0 saturated heterocycles. The van der Waals surface area contributed by atoms with Gasteiger partial charge in [-0.3, -0.25) is 14.8 Å². The van der Waals surface area contributed by atoms with Crippen LogP contribution in [0, 0.1) is 5.92 Å². The van der Waals surface area contributed by atoms with Crippen LogP contribution in [0.3, 0.4) is 0 Å². The van der Waals surface area contributed by atoms with Crippen LogP contribution in [0.2, 0.25) is 10.0 Å². The number of halogens is 2. The average Bonchev–Trinajstić information content (AvgIpc) is 2.32. The van der Waals surface area contributed by atoms with Gasteiger partial charge in [-0.25, -0.2) is 5.06 Å². The normalized spacial score (nSPS) is 11.9. The Morgan fingerprint density at radius 3 is 2.47 bits per heavy atom. The van der Waals surface area contributed by atoms with Gasteiger partial charge in [-0.05, 0) is 24.1 Å². The molecule has 1 atom stereocenters. The van der Waals surface area contributed by atoms with E-state index < -0.39 is 5.92 Å². The van der Waals surface area contributed by atoms with Crippen LogP contribution in [0.25, 0.3) is 0 Å². The lowest BCUT2D eigenvalue weighted by Gasteiger charge is -2.15. The van der Waals surface area contributed by atoms with Gasteiger partial charge in [0.25, 0.3) is 0 Å². The molecule has 0 bridgehead atoms. The fraction of sp³-hybridized carbons (Fsp3) is 0.273. The van der Waals surface area contributed by atoms with Crippen LogP contribution >= 0.6 is 23.2 Å². The molecule has 1 rings (SSSR count). The van der Waals surface area contributed by atoms with E-state index in [2.05, 4.69) is 0 Å². The molecule has 0 saturated carbocycles. The maximum absolute atomic E-state index is 10.7. The van der Waals surface area contributed by atoms with Crippen molar-refractivity contribution >= 4 is 35.9 Å². The number of hydroxylamine groups is 2. The van der Waals surface area contributed by atoms with E-state index in [4.69, 9.17) is 28.4 Å². The third kappa shape index (κ3) is 4.00. The quantitative estimate of drug-likeness (QED) is 0.491. The Labute approximate surface area is 109 Å². The summed E-state index contributed by atoms with van der Waals surface area (Å²) in [6.45, 7) is -0.144. The molecule has 17 heavy (non-hydrogen) atoms. The lowest BCUT2D eigenvalue weighted by molar-refractivity contribution is -0.150. The second-order valence-corrected chi connectivity index (χ2v) is 4.26. The van der Waals surface area contributed by atoms with E-state index in [9.17, 15) is 9.59 Å². The number of benzene rings is 1. The number of hydrogen-bond acceptors (Lipinski definition) is 3. The molecule has 0 aromatic heterocycles. The number of rotatable bonds is 6. The van der Waals surface area contributed by atoms with E-state index in [-0.39, 0.29) is 19.4 Å². The molecule has 0 fully saturated rings. The average molecular weight is 275 g/mol. The van der Waals surface area contributed by atoms with Crippen LogP contribution < -0.4 is 0 Å². The smallest absolute Gasteiger partial charge is 0.233 e. The van der Waals surface area contributed by atoms with E-state index >= 15 is 0 Å². The third-order valence-electron chi connectivity index (χ3n) is 2.21. The van der Waals surface area contributed by atoms with Gasteiger partial charge in [0.15, 0.2) is 0 Å². The number of carbonyl (C=O) groups is 1. The molecule has 1 unspecified atom stereocenters. The van der Waals surface area contributed by atoms with Crippen molar-refractivity contribution in [1.29, 1.82) is 0 Å². The van der Waals surface area contributed by atoms with E-state index in [1.165, 1.54) is 0 Å². The summed E-state index contributed by atoms with van der Waals surface area (Å²) in [6, 6.07) is 5.00. The summed E-state index contributed by atoms with van der Waals surface area (Å²) in [5, 5.41) is 10.3. The SMILES string of the molecule is O=[C]C(Cc1c(Cl)cccc1Cl)CN(O)C=O. The molecule has 0 aliphatic rings. The van der Waals surface area contributed by atoms with Crippen LogP contribution in [0.5, 0.6) is 0 Å². The third-order valence-corrected chi connectivity index (χ3v) is 2.92. The summed E-state index contributed by atoms with van der Waals surface area (Å²) < 4.78 is 0. The zero-order chi connectivity index (χ0) is 12.8. The minimum Gasteiger partial charge on any atom is -0.290 e. The maximum Gasteiger partial charge on any atom is 0.233 e. The summed E-state index contributed by atoms with van der Waals surface area (Å²) in [5.74, 6) is -0.678. The molecule has 1 aromatic carbocycles. The molecule has 1 radical (unpaired) electrons. The highest BCUT2D eigenvalue weighted by molar-refractivity contribution is 6.36. The highest BCUT2D eigenvalue weighted by atomic mass is 35.5. The van der Waals surface area contributed by atoms with Crippen molar-refractivity contribution in [2.75, 3.05) is 6.54 Å². The van der Waals surface area contributed by atoms with E-state index in [0.29, 0.717) is 20.7 Å². The second kappa shape index (κ2) is 6.59. The van der Waals surface area contributed by atoms with E-state index in [1.54, 1.807) is 24.5 Å². The van der Waals surface area contributed by atoms with Gasteiger partial charge < -0.3 is 0 Å². The molecule has 1 N–H and O–H groups in total. The van der Waals surface area contributed by atoms with Gasteiger partial charge >= 0.3 is 0 Å². The van der Waals surface area contributed by atoms with Crippen LogP contribution in [0.4, 0.5) is 0 Å². The first-order valence-corrected chi connectivity index (χ1v) is 5.55. The summed E-state index contributed by atoms with van der Waals surface area (Å²) in [6.07, 6.45) is 2.18. The Balaban J connectivity index is 2.80. The van der Waals surface area contributed by atoms with Crippen molar-refractivity contribution < 1.29 is 14.8 Å². The van der Waals surface area contributed by atoms with Crippen LogP contribution in [-0.2, 0) is 16.0 Å². The van der Waals surface area contributed by atoms with Gasteiger partial charge in [-0.15, -0.1) is 0 Å². The van der Waals surface area contributed by atoms with Crippen molar-refractivity contribution in [2.45, 2.75) is 6.42 Å². The number of carbonyl (C=O) groups excluding carboxylic acids is 2. The molecule has 0 spiro atoms. The van der Waals surface area contributed by atoms with Gasteiger partial charge in [-0.2, -0.15) is 0 Å². The lowest BCUT2D eigenvalue weighted by atomic mass is 10.0. The zero-order valence-electron chi connectivity index (χ0n) is 8.77. The Morgan fingerprint density at radius 2 is 2.00 bits per heavy atom. The van der Waals surface area contributed by atoms with Gasteiger partial charge in [0.05, 0.1) is 6.54 Å². The van der Waals surface area contributed by atoms with Gasteiger partial charge in [0.1, 0.15) is 0 Å². The fourth-order valence-electron chi connectivity index (χ4n) is 1.39. The van der Waals surface area contributed by atoms with Gasteiger partial charge in [-0.1, -0.05) is 29.3 Å². The Bertz CT molecular complexity index is 391. The first-order valence-electron chi connectivity index (χ1n) is 4.79. The second-order valence-electron chi connectivity index (χ2n) is 3.45. The molecule has 6 heteroatoms. The summed E-state index contributed by atoms with van der Waals surface area (Å²) in [5.41, 5.74) is 0.600. The molecular weight excluding hydrogens is 265 g/mol. The minimum atomic E-state index is -0.678. The molecule has 0 aliphatic heterocycles. The molecule has 4 nitrogen and oxygen atoms in total. The highest BCUT2D eigenvalue weighted by Crippen LogP contribution is 2.26. The molecular formula is C11H10Cl2NO3. The van der Waals surface area contributed by atoms with Crippen molar-refractivity contribution in [2.24, 2.45) is 5.92 Å². The van der Waals surface area contributed by atoms with Crippen molar-refractivity contribution in [3.05, 3.63) is 33.8 Å². The predicted octanol–water partition coefficient (Wildman–Crippen LogP) is 2.11. The zero-order valence-corrected chi connectivity index (χ0v) is 10.3. The van der Waals surface area contributed by atoms with Crippen molar-refractivity contribution in [1.82, 2.24) is 5.06 Å². The largest absolute Gasteiger partial charge is 0.290 e. The Hall–Kier alpha value is -1.10. The summed E-state index contributed by atoms with van der Waals surface area (Å²) >= 11 is 11.9. The maximum atomic E-state index is 10.7. The monoisotopic (exact) mass is 274 g/mol. The number of hydrogen-bond donors (Lipinski definition) is 1. The van der Waals surface area contributed by atoms with Gasteiger partial charge in [0, 0.05) is 16.0 Å².